The first kappa shape index (κ1) is 8.75. The fourth-order valence-corrected chi connectivity index (χ4v) is 0.448. The number of carbonyl (C=O) groups is 1. The first-order valence-corrected chi connectivity index (χ1v) is 3.00. The molecule has 10 heavy (non-hydrogen) atoms. The van der Waals surface area contributed by atoms with Crippen LogP contribution in [0.25, 0.3) is 0 Å². The maximum atomic E-state index is 10.1. The number of allylic oxidation sites excluding steroid dienone is 1. The number of hydrogen-bond donors (Lipinski definition) is 2. The van der Waals surface area contributed by atoms with Gasteiger partial charge in [0.05, 0.1) is 0 Å². The average Bonchev–Trinajstić information content (AvgIpc) is 1.87. The van der Waals surface area contributed by atoms with E-state index < -0.39 is 6.03 Å². The predicted octanol–water partition coefficient (Wildman–Crippen LogP) is 0.787. The molecular weight excluding hydrogens is 128 g/mol. The molecule has 0 saturated carbocycles. The molecule has 0 aromatic heterocycles. The third-order valence-corrected chi connectivity index (χ3v) is 1.03. The topological polar surface area (TPSA) is 55.1 Å². The van der Waals surface area contributed by atoms with Gasteiger partial charge in [0.15, 0.2) is 0 Å². The van der Waals surface area contributed by atoms with Crippen molar-refractivity contribution in [2.75, 3.05) is 6.54 Å². The van der Waals surface area contributed by atoms with Crippen molar-refractivity contribution in [3.63, 3.8) is 0 Å². The van der Waals surface area contributed by atoms with Crippen LogP contribution in [0.3, 0.4) is 0 Å². The van der Waals surface area contributed by atoms with E-state index in [4.69, 9.17) is 5.73 Å². The van der Waals surface area contributed by atoms with Gasteiger partial charge in [-0.05, 0) is 6.42 Å². The summed E-state index contributed by atoms with van der Waals surface area (Å²) in [6.45, 7) is 7.70. The zero-order valence-corrected chi connectivity index (χ0v) is 5.89. The minimum atomic E-state index is -0.503. The molecule has 0 saturated heterocycles. The van der Waals surface area contributed by atoms with E-state index in [1.807, 2.05) is 0 Å². The van der Waals surface area contributed by atoms with Gasteiger partial charge in [0, 0.05) is 6.54 Å². The Kier molecular flexibility index (Phi) is 4.04. The molecule has 0 aliphatic rings. The molecule has 0 atom stereocenters. The minimum Gasteiger partial charge on any atom is -0.352 e. The molecule has 0 fully saturated rings. The Morgan fingerprint density at radius 2 is 2.30 bits per heavy atom. The number of hydrogen-bond acceptors (Lipinski definition) is 1. The molecule has 0 radical (unpaired) electrons. The third-order valence-electron chi connectivity index (χ3n) is 1.03. The summed E-state index contributed by atoms with van der Waals surface area (Å²) in [5.41, 5.74) is 5.71. The highest BCUT2D eigenvalue weighted by atomic mass is 16.2. The van der Waals surface area contributed by atoms with E-state index in [9.17, 15) is 4.79 Å². The van der Waals surface area contributed by atoms with Crippen LogP contribution < -0.4 is 11.1 Å². The number of carbonyl (C=O) groups excluding carboxylic acids is 1. The molecule has 3 N–H and O–H groups in total. The van der Waals surface area contributed by atoms with Crippen molar-refractivity contribution in [1.82, 2.24) is 5.32 Å². The van der Waals surface area contributed by atoms with Crippen LogP contribution >= 0.6 is 0 Å². The van der Waals surface area contributed by atoms with E-state index in [0.717, 1.165) is 5.57 Å². The Balaban J connectivity index is 3.28. The SMILES string of the molecule is C=CC(=C)CCNC(N)=O. The van der Waals surface area contributed by atoms with Gasteiger partial charge in [0.2, 0.25) is 0 Å². The van der Waals surface area contributed by atoms with Crippen molar-refractivity contribution in [2.45, 2.75) is 6.42 Å². The Bertz CT molecular complexity index is 152. The molecule has 0 aliphatic carbocycles. The normalized spacial score (nSPS) is 8.40. The van der Waals surface area contributed by atoms with Crippen LogP contribution in [0.2, 0.25) is 0 Å². The van der Waals surface area contributed by atoms with Gasteiger partial charge in [-0.15, -0.1) is 0 Å². The molecule has 0 bridgehead atoms. The van der Waals surface area contributed by atoms with Crippen LogP contribution in [0.15, 0.2) is 24.8 Å². The third kappa shape index (κ3) is 4.90. The van der Waals surface area contributed by atoms with Gasteiger partial charge >= 0.3 is 6.03 Å². The fraction of sp³-hybridized carbons (Fsp3) is 0.286. The molecule has 0 heterocycles. The van der Waals surface area contributed by atoms with Gasteiger partial charge < -0.3 is 11.1 Å². The van der Waals surface area contributed by atoms with Gasteiger partial charge in [-0.1, -0.05) is 24.8 Å². The zero-order valence-electron chi connectivity index (χ0n) is 5.89. The number of nitrogens with one attached hydrogen (secondary N) is 1. The highest BCUT2D eigenvalue weighted by molar-refractivity contribution is 5.71. The van der Waals surface area contributed by atoms with Crippen molar-refractivity contribution in [2.24, 2.45) is 5.73 Å². The second-order valence-electron chi connectivity index (χ2n) is 1.90. The molecule has 2 amide bonds. The van der Waals surface area contributed by atoms with Gasteiger partial charge in [-0.2, -0.15) is 0 Å². The van der Waals surface area contributed by atoms with Crippen LogP contribution in [-0.4, -0.2) is 12.6 Å². The van der Waals surface area contributed by atoms with Crippen molar-refractivity contribution >= 4 is 6.03 Å². The van der Waals surface area contributed by atoms with Gasteiger partial charge in [0.25, 0.3) is 0 Å². The summed E-state index contributed by atoms with van der Waals surface area (Å²) in [5.74, 6) is 0. The first-order chi connectivity index (χ1) is 4.66. The van der Waals surface area contributed by atoms with Gasteiger partial charge in [-0.3, -0.25) is 0 Å². The summed E-state index contributed by atoms with van der Waals surface area (Å²) in [6.07, 6.45) is 2.36. The molecule has 0 rings (SSSR count). The summed E-state index contributed by atoms with van der Waals surface area (Å²) >= 11 is 0. The summed E-state index contributed by atoms with van der Waals surface area (Å²) < 4.78 is 0. The van der Waals surface area contributed by atoms with E-state index in [0.29, 0.717) is 13.0 Å². The van der Waals surface area contributed by atoms with E-state index in [1.165, 1.54) is 0 Å². The maximum absolute atomic E-state index is 10.1. The van der Waals surface area contributed by atoms with Crippen LogP contribution in [0, 0.1) is 0 Å². The minimum absolute atomic E-state index is 0.503. The quantitative estimate of drug-likeness (QED) is 0.557. The summed E-state index contributed by atoms with van der Waals surface area (Å²) in [7, 11) is 0. The Morgan fingerprint density at radius 1 is 1.70 bits per heavy atom. The lowest BCUT2D eigenvalue weighted by atomic mass is 10.2. The van der Waals surface area contributed by atoms with Crippen molar-refractivity contribution in [1.29, 1.82) is 0 Å². The highest BCUT2D eigenvalue weighted by Crippen LogP contribution is 1.94. The molecule has 0 aromatic carbocycles. The molecule has 0 unspecified atom stereocenters. The molecule has 0 aromatic rings. The smallest absolute Gasteiger partial charge is 0.312 e. The molecule has 0 aliphatic heterocycles. The average molecular weight is 140 g/mol. The van der Waals surface area contributed by atoms with Crippen molar-refractivity contribution in [3.05, 3.63) is 24.8 Å². The van der Waals surface area contributed by atoms with Crippen molar-refractivity contribution < 1.29 is 4.79 Å². The Hall–Kier alpha value is -1.25. The van der Waals surface area contributed by atoms with E-state index in [2.05, 4.69) is 18.5 Å². The fourth-order valence-electron chi connectivity index (χ4n) is 0.448. The van der Waals surface area contributed by atoms with Crippen LogP contribution in [0.5, 0.6) is 0 Å². The number of primary amides is 1. The van der Waals surface area contributed by atoms with Crippen molar-refractivity contribution in [3.8, 4) is 0 Å². The standard InChI is InChI=1S/C7H12N2O/c1-3-6(2)4-5-9-7(8)10/h3H,1-2,4-5H2,(H3,8,9,10). The maximum Gasteiger partial charge on any atom is 0.312 e. The number of urea groups is 1. The van der Waals surface area contributed by atoms with Gasteiger partial charge in [0.1, 0.15) is 0 Å². The molecule has 0 spiro atoms. The molecule has 56 valence electrons. The lowest BCUT2D eigenvalue weighted by molar-refractivity contribution is 0.249. The number of nitrogens with two attached hydrogens (primary N) is 1. The second kappa shape index (κ2) is 4.61. The highest BCUT2D eigenvalue weighted by Gasteiger charge is 1.90. The summed E-state index contributed by atoms with van der Waals surface area (Å²) in [4.78, 5) is 10.1. The van der Waals surface area contributed by atoms with Crippen LogP contribution in [-0.2, 0) is 0 Å². The Morgan fingerprint density at radius 3 is 2.70 bits per heavy atom. The number of amides is 2. The van der Waals surface area contributed by atoms with E-state index >= 15 is 0 Å². The molecule has 3 nitrogen and oxygen atoms in total. The summed E-state index contributed by atoms with van der Waals surface area (Å²) in [5, 5.41) is 2.44. The largest absolute Gasteiger partial charge is 0.352 e. The lowest BCUT2D eigenvalue weighted by Crippen LogP contribution is -2.30. The monoisotopic (exact) mass is 140 g/mol. The zero-order chi connectivity index (χ0) is 7.98. The first-order valence-electron chi connectivity index (χ1n) is 3.00. The van der Waals surface area contributed by atoms with Crippen LogP contribution in [0.4, 0.5) is 4.79 Å². The molecule has 3 heteroatoms. The summed E-state index contributed by atoms with van der Waals surface area (Å²) in [6, 6.07) is -0.503. The lowest BCUT2D eigenvalue weighted by Gasteiger charge is -1.99. The molecular formula is C7H12N2O. The number of rotatable bonds is 4. The Labute approximate surface area is 60.6 Å². The van der Waals surface area contributed by atoms with E-state index in [1.54, 1.807) is 6.08 Å². The van der Waals surface area contributed by atoms with Crippen LogP contribution in [0.1, 0.15) is 6.42 Å². The second-order valence-corrected chi connectivity index (χ2v) is 1.90. The van der Waals surface area contributed by atoms with Gasteiger partial charge in [-0.25, -0.2) is 4.79 Å². The van der Waals surface area contributed by atoms with E-state index in [-0.39, 0.29) is 0 Å². The predicted molar refractivity (Wildman–Crippen MR) is 41.5 cm³/mol.